The fourth-order valence-electron chi connectivity index (χ4n) is 3.67. The van der Waals surface area contributed by atoms with Crippen molar-refractivity contribution in [3.8, 4) is 11.6 Å². The van der Waals surface area contributed by atoms with Crippen molar-refractivity contribution in [3.05, 3.63) is 102 Å². The van der Waals surface area contributed by atoms with Gasteiger partial charge in [-0.2, -0.15) is 9.78 Å². The molecule has 36 heavy (non-hydrogen) atoms. The molecule has 0 aliphatic carbocycles. The minimum Gasteiger partial charge on any atom is -0.505 e. The minimum absolute atomic E-state index is 0.0138. The van der Waals surface area contributed by atoms with Crippen molar-refractivity contribution in [3.63, 3.8) is 0 Å². The first kappa shape index (κ1) is 22.4. The number of rotatable bonds is 6. The summed E-state index contributed by atoms with van der Waals surface area (Å²) in [6, 6.07) is 22.7. The number of primary amides is 1. The summed E-state index contributed by atoms with van der Waals surface area (Å²) in [5.41, 5.74) is 6.17. The number of fused-ring (bicyclic) bond motifs is 1. The van der Waals surface area contributed by atoms with Crippen LogP contribution < -0.4 is 11.1 Å². The average molecular weight is 477 g/mol. The highest BCUT2D eigenvalue weighted by molar-refractivity contribution is 6.11. The van der Waals surface area contributed by atoms with E-state index in [4.69, 9.17) is 5.73 Å². The van der Waals surface area contributed by atoms with Gasteiger partial charge >= 0.3 is 0 Å². The number of nitrogens with two attached hydrogens (primary N) is 1. The van der Waals surface area contributed by atoms with E-state index in [1.54, 1.807) is 79.0 Å². The molecule has 2 aromatic heterocycles. The standard InChI is InChI=1S/C26H19N7O3/c27-24(35)20-15-29-33(21-12-6-7-13-28-21)25(20)32-31-22-18-11-5-4-8-16(18)14-19(23(22)34)26(36)30-17-9-2-1-3-10-17/h1-15,34H,(H2,27,35)(H,30,36)/b32-31+. The zero-order valence-electron chi connectivity index (χ0n) is 18.7. The second kappa shape index (κ2) is 9.47. The highest BCUT2D eigenvalue weighted by Crippen LogP contribution is 2.40. The third-order valence-corrected chi connectivity index (χ3v) is 5.39. The summed E-state index contributed by atoms with van der Waals surface area (Å²) >= 11 is 0. The zero-order valence-corrected chi connectivity index (χ0v) is 18.7. The maximum absolute atomic E-state index is 13.0. The van der Waals surface area contributed by atoms with Crippen LogP contribution in [0.1, 0.15) is 20.7 Å². The molecule has 2 heterocycles. The lowest BCUT2D eigenvalue weighted by molar-refractivity contribution is 0.0997. The molecule has 0 saturated heterocycles. The molecule has 0 saturated carbocycles. The number of anilines is 1. The number of aromatic nitrogens is 3. The summed E-state index contributed by atoms with van der Waals surface area (Å²) in [7, 11) is 0. The van der Waals surface area contributed by atoms with Crippen molar-refractivity contribution in [1.82, 2.24) is 14.8 Å². The largest absolute Gasteiger partial charge is 0.505 e. The fourth-order valence-corrected chi connectivity index (χ4v) is 3.67. The first-order valence-corrected chi connectivity index (χ1v) is 10.8. The van der Waals surface area contributed by atoms with E-state index in [-0.39, 0.29) is 28.4 Å². The molecule has 0 fully saturated rings. The summed E-state index contributed by atoms with van der Waals surface area (Å²) in [4.78, 5) is 29.3. The van der Waals surface area contributed by atoms with Gasteiger partial charge in [-0.25, -0.2) is 4.98 Å². The monoisotopic (exact) mass is 477 g/mol. The van der Waals surface area contributed by atoms with Gasteiger partial charge in [-0.15, -0.1) is 10.2 Å². The predicted octanol–water partition coefficient (Wildman–Crippen LogP) is 4.89. The molecule has 176 valence electrons. The van der Waals surface area contributed by atoms with Crippen molar-refractivity contribution in [2.75, 3.05) is 5.32 Å². The van der Waals surface area contributed by atoms with Crippen LogP contribution in [0.25, 0.3) is 16.6 Å². The lowest BCUT2D eigenvalue weighted by Gasteiger charge is -2.11. The predicted molar refractivity (Wildman–Crippen MR) is 134 cm³/mol. The van der Waals surface area contributed by atoms with E-state index in [9.17, 15) is 14.7 Å². The Labute approximate surface area is 204 Å². The number of nitrogens with zero attached hydrogens (tertiary/aromatic N) is 5. The number of nitrogens with one attached hydrogen (secondary N) is 1. The molecule has 2 amide bonds. The maximum Gasteiger partial charge on any atom is 0.259 e. The van der Waals surface area contributed by atoms with E-state index in [2.05, 4.69) is 25.6 Å². The molecule has 0 radical (unpaired) electrons. The summed E-state index contributed by atoms with van der Waals surface area (Å²) in [6.07, 6.45) is 2.84. The number of para-hydroxylation sites is 1. The van der Waals surface area contributed by atoms with Crippen molar-refractivity contribution in [1.29, 1.82) is 0 Å². The Morgan fingerprint density at radius 1 is 0.917 bits per heavy atom. The van der Waals surface area contributed by atoms with Crippen LogP contribution >= 0.6 is 0 Å². The lowest BCUT2D eigenvalue weighted by atomic mass is 10.0. The van der Waals surface area contributed by atoms with Gasteiger partial charge in [-0.1, -0.05) is 48.5 Å². The summed E-state index contributed by atoms with van der Waals surface area (Å²) in [6.45, 7) is 0. The number of carbonyl (C=O) groups is 2. The number of carbonyl (C=O) groups excluding carboxylic acids is 2. The highest BCUT2D eigenvalue weighted by Gasteiger charge is 2.20. The average Bonchev–Trinajstić information content (AvgIpc) is 3.33. The van der Waals surface area contributed by atoms with Crippen LogP contribution in [0.3, 0.4) is 0 Å². The summed E-state index contributed by atoms with van der Waals surface area (Å²) in [5, 5.41) is 27.7. The number of amides is 2. The molecule has 0 bridgehead atoms. The van der Waals surface area contributed by atoms with Gasteiger partial charge in [0.25, 0.3) is 11.8 Å². The number of hydrogen-bond donors (Lipinski definition) is 3. The smallest absolute Gasteiger partial charge is 0.259 e. The van der Waals surface area contributed by atoms with Crippen molar-refractivity contribution >= 4 is 39.8 Å². The first-order chi connectivity index (χ1) is 17.5. The van der Waals surface area contributed by atoms with Crippen LogP contribution in [-0.2, 0) is 0 Å². The van der Waals surface area contributed by atoms with E-state index in [0.717, 1.165) is 0 Å². The van der Waals surface area contributed by atoms with E-state index in [1.165, 1.54) is 10.9 Å². The number of aromatic hydroxyl groups is 1. The Balaban J connectivity index is 1.63. The molecule has 5 aromatic rings. The first-order valence-electron chi connectivity index (χ1n) is 10.8. The lowest BCUT2D eigenvalue weighted by Crippen LogP contribution is -2.12. The molecular formula is C26H19N7O3. The number of azo groups is 1. The third kappa shape index (κ3) is 4.26. The number of phenolic OH excluding ortho intramolecular Hbond substituents is 1. The second-order valence-electron chi connectivity index (χ2n) is 7.71. The van der Waals surface area contributed by atoms with E-state index in [0.29, 0.717) is 22.3 Å². The molecule has 0 aliphatic rings. The van der Waals surface area contributed by atoms with E-state index >= 15 is 0 Å². The van der Waals surface area contributed by atoms with E-state index < -0.39 is 11.8 Å². The van der Waals surface area contributed by atoms with Gasteiger partial charge in [0, 0.05) is 17.3 Å². The Morgan fingerprint density at radius 2 is 1.67 bits per heavy atom. The number of phenols is 1. The number of pyridine rings is 1. The Morgan fingerprint density at radius 3 is 2.42 bits per heavy atom. The molecule has 5 rings (SSSR count). The van der Waals surface area contributed by atoms with Gasteiger partial charge in [0.15, 0.2) is 17.4 Å². The Kier molecular flexibility index (Phi) is 5.90. The van der Waals surface area contributed by atoms with Gasteiger partial charge < -0.3 is 16.2 Å². The normalized spacial score (nSPS) is 11.1. The molecule has 4 N–H and O–H groups in total. The van der Waals surface area contributed by atoms with Gasteiger partial charge in [-0.3, -0.25) is 9.59 Å². The van der Waals surface area contributed by atoms with Gasteiger partial charge in [-0.05, 0) is 35.7 Å². The molecule has 0 aliphatic heterocycles. The van der Waals surface area contributed by atoms with Crippen LogP contribution in [0.15, 0.2) is 101 Å². The Bertz CT molecular complexity index is 1610. The number of hydrogen-bond acceptors (Lipinski definition) is 7. The second-order valence-corrected chi connectivity index (χ2v) is 7.71. The molecular weight excluding hydrogens is 458 g/mol. The van der Waals surface area contributed by atoms with Crippen molar-refractivity contribution < 1.29 is 14.7 Å². The Hall–Kier alpha value is -5.38. The topological polar surface area (TPSA) is 148 Å². The number of benzene rings is 3. The summed E-state index contributed by atoms with van der Waals surface area (Å²) in [5.74, 6) is -1.21. The maximum atomic E-state index is 13.0. The van der Waals surface area contributed by atoms with Crippen molar-refractivity contribution in [2.24, 2.45) is 16.0 Å². The van der Waals surface area contributed by atoms with Crippen LogP contribution in [-0.4, -0.2) is 31.7 Å². The van der Waals surface area contributed by atoms with Crippen molar-refractivity contribution in [2.45, 2.75) is 0 Å². The summed E-state index contributed by atoms with van der Waals surface area (Å²) < 4.78 is 1.31. The molecule has 3 aromatic carbocycles. The highest BCUT2D eigenvalue weighted by atomic mass is 16.3. The fraction of sp³-hybridized carbons (Fsp3) is 0. The van der Waals surface area contributed by atoms with Gasteiger partial charge in [0.05, 0.1) is 11.8 Å². The molecule has 10 nitrogen and oxygen atoms in total. The molecule has 0 unspecified atom stereocenters. The minimum atomic E-state index is -0.754. The third-order valence-electron chi connectivity index (χ3n) is 5.39. The zero-order chi connectivity index (χ0) is 25.1. The van der Waals surface area contributed by atoms with Crippen LogP contribution in [0, 0.1) is 0 Å². The van der Waals surface area contributed by atoms with E-state index in [1.807, 2.05) is 6.07 Å². The van der Waals surface area contributed by atoms with Crippen LogP contribution in [0.4, 0.5) is 17.2 Å². The van der Waals surface area contributed by atoms with Gasteiger partial charge in [0.1, 0.15) is 11.3 Å². The SMILES string of the molecule is NC(=O)c1cnn(-c2ccccn2)c1/N=N/c1c(O)c(C(=O)Nc2ccccc2)cc2ccccc12. The molecule has 10 heteroatoms. The molecule has 0 atom stereocenters. The van der Waals surface area contributed by atoms with Crippen LogP contribution in [0.5, 0.6) is 5.75 Å². The molecule has 0 spiro atoms. The quantitative estimate of drug-likeness (QED) is 0.298. The van der Waals surface area contributed by atoms with Crippen LogP contribution in [0.2, 0.25) is 0 Å². The van der Waals surface area contributed by atoms with Gasteiger partial charge in [0.2, 0.25) is 0 Å².